The molecule has 2 aromatic heterocycles. The van der Waals surface area contributed by atoms with Gasteiger partial charge in [0.15, 0.2) is 5.75 Å². The van der Waals surface area contributed by atoms with E-state index in [2.05, 4.69) is 21.8 Å². The van der Waals surface area contributed by atoms with Crippen LogP contribution in [0.15, 0.2) is 24.3 Å². The third-order valence-corrected chi connectivity index (χ3v) is 4.94. The first kappa shape index (κ1) is 17.1. The van der Waals surface area contributed by atoms with Gasteiger partial charge in [0.05, 0.1) is 5.69 Å². The summed E-state index contributed by atoms with van der Waals surface area (Å²) in [5, 5.41) is 0. The first-order valence-corrected chi connectivity index (χ1v) is 9.21. The zero-order valence-electron chi connectivity index (χ0n) is 15.6. The van der Waals surface area contributed by atoms with Crippen molar-refractivity contribution in [3.8, 4) is 17.4 Å². The molecule has 0 N–H and O–H groups in total. The lowest BCUT2D eigenvalue weighted by atomic mass is 10.2. The van der Waals surface area contributed by atoms with Crippen LogP contribution in [0.3, 0.4) is 0 Å². The molecule has 26 heavy (non-hydrogen) atoms. The Morgan fingerprint density at radius 1 is 1.12 bits per heavy atom. The molecule has 6 nitrogen and oxygen atoms in total. The first-order chi connectivity index (χ1) is 12.6. The highest BCUT2D eigenvalue weighted by Gasteiger charge is 2.29. The van der Waals surface area contributed by atoms with E-state index in [0.717, 1.165) is 48.1 Å². The van der Waals surface area contributed by atoms with Gasteiger partial charge in [-0.25, -0.2) is 4.98 Å². The lowest BCUT2D eigenvalue weighted by molar-refractivity contribution is 0.160. The zero-order valence-corrected chi connectivity index (χ0v) is 15.6. The predicted octanol–water partition coefficient (Wildman–Crippen LogP) is 3.08. The summed E-state index contributed by atoms with van der Waals surface area (Å²) in [6.07, 6.45) is 1.20. The van der Waals surface area contributed by atoms with Gasteiger partial charge in [-0.05, 0) is 39.3 Å². The minimum Gasteiger partial charge on any atom is -0.489 e. The molecule has 0 aliphatic carbocycles. The van der Waals surface area contributed by atoms with Gasteiger partial charge >= 0.3 is 0 Å². The second kappa shape index (κ2) is 7.11. The Labute approximate surface area is 154 Å². The quantitative estimate of drug-likeness (QED) is 0.840. The number of ether oxygens (including phenoxy) is 3. The molecule has 0 aromatic carbocycles. The second-order valence-corrected chi connectivity index (χ2v) is 7.02. The van der Waals surface area contributed by atoms with E-state index in [4.69, 9.17) is 14.2 Å². The molecule has 2 aliphatic rings. The van der Waals surface area contributed by atoms with Gasteiger partial charge in [-0.2, -0.15) is 0 Å². The van der Waals surface area contributed by atoms with Crippen molar-refractivity contribution in [2.45, 2.75) is 39.3 Å². The third kappa shape index (κ3) is 3.60. The molecule has 138 valence electrons. The van der Waals surface area contributed by atoms with Gasteiger partial charge in [0, 0.05) is 42.7 Å². The summed E-state index contributed by atoms with van der Waals surface area (Å²) in [7, 11) is 0. The number of pyridine rings is 2. The van der Waals surface area contributed by atoms with Gasteiger partial charge in [0.1, 0.15) is 25.1 Å². The van der Waals surface area contributed by atoms with E-state index in [-0.39, 0.29) is 12.1 Å². The topological polar surface area (TPSA) is 56.7 Å². The molecule has 0 saturated carbocycles. The van der Waals surface area contributed by atoms with Crippen molar-refractivity contribution in [1.82, 2.24) is 14.9 Å². The first-order valence-electron chi connectivity index (χ1n) is 9.21. The van der Waals surface area contributed by atoms with Crippen molar-refractivity contribution in [2.75, 3.05) is 26.3 Å². The molecule has 0 radical (unpaired) electrons. The maximum atomic E-state index is 6.20. The highest BCUT2D eigenvalue weighted by atomic mass is 16.6. The highest BCUT2D eigenvalue weighted by Crippen LogP contribution is 2.32. The van der Waals surface area contributed by atoms with Crippen LogP contribution >= 0.6 is 0 Å². The van der Waals surface area contributed by atoms with Gasteiger partial charge in [-0.3, -0.25) is 9.88 Å². The van der Waals surface area contributed by atoms with Crippen LogP contribution in [0.1, 0.15) is 36.5 Å². The molecule has 1 fully saturated rings. The van der Waals surface area contributed by atoms with Crippen molar-refractivity contribution in [2.24, 2.45) is 0 Å². The Morgan fingerprint density at radius 2 is 1.88 bits per heavy atom. The minimum atomic E-state index is 0.191. The molecule has 0 unspecified atom stereocenters. The summed E-state index contributed by atoms with van der Waals surface area (Å²) >= 11 is 0. The van der Waals surface area contributed by atoms with E-state index in [1.807, 2.05) is 38.1 Å². The molecule has 2 aliphatic heterocycles. The predicted molar refractivity (Wildman–Crippen MR) is 98.0 cm³/mol. The fourth-order valence-electron chi connectivity index (χ4n) is 3.62. The average Bonchev–Trinajstić information content (AvgIpc) is 3.08. The number of likely N-dealkylation sites (tertiary alicyclic amines) is 1. The molecule has 0 bridgehead atoms. The van der Waals surface area contributed by atoms with Crippen LogP contribution in [-0.4, -0.2) is 47.3 Å². The molecule has 0 spiro atoms. The number of rotatable bonds is 4. The summed E-state index contributed by atoms with van der Waals surface area (Å²) in [5.41, 5.74) is 2.98. The number of fused-ring (bicyclic) bond motifs is 1. The van der Waals surface area contributed by atoms with Crippen molar-refractivity contribution in [3.05, 3.63) is 41.3 Å². The van der Waals surface area contributed by atoms with Crippen molar-refractivity contribution in [1.29, 1.82) is 0 Å². The van der Waals surface area contributed by atoms with E-state index >= 15 is 0 Å². The number of aryl methyl sites for hydroxylation is 2. The summed E-state index contributed by atoms with van der Waals surface area (Å²) in [4.78, 5) is 11.5. The fraction of sp³-hybridized carbons (Fsp3) is 0.500. The summed E-state index contributed by atoms with van der Waals surface area (Å²) in [6, 6.07) is 8.20. The smallest absolute Gasteiger partial charge is 0.257 e. The van der Waals surface area contributed by atoms with Gasteiger partial charge in [0.25, 0.3) is 5.88 Å². The SMILES string of the molecule is Cc1cc(O[C@@H]2CCN([C@@H](C)c3ccc4c(n3)OCCO4)C2)cc(C)n1. The molecule has 4 heterocycles. The minimum absolute atomic E-state index is 0.191. The monoisotopic (exact) mass is 355 g/mol. The Bertz CT molecular complexity index is 776. The molecule has 2 atom stereocenters. The van der Waals surface area contributed by atoms with Crippen LogP contribution in [0.5, 0.6) is 17.4 Å². The number of aromatic nitrogens is 2. The Morgan fingerprint density at radius 3 is 2.69 bits per heavy atom. The summed E-state index contributed by atoms with van der Waals surface area (Å²) in [5.74, 6) is 2.25. The summed E-state index contributed by atoms with van der Waals surface area (Å²) in [6.45, 7) is 9.20. The molecule has 0 amide bonds. The zero-order chi connectivity index (χ0) is 18.1. The summed E-state index contributed by atoms with van der Waals surface area (Å²) < 4.78 is 17.4. The van der Waals surface area contributed by atoms with Crippen molar-refractivity contribution >= 4 is 0 Å². The van der Waals surface area contributed by atoms with Crippen LogP contribution in [-0.2, 0) is 0 Å². The van der Waals surface area contributed by atoms with Crippen LogP contribution in [0.4, 0.5) is 0 Å². The Hall–Kier alpha value is -2.34. The molecule has 4 rings (SSSR count). The van der Waals surface area contributed by atoms with Gasteiger partial charge in [-0.1, -0.05) is 0 Å². The lowest BCUT2D eigenvalue weighted by Crippen LogP contribution is -2.28. The Kier molecular flexibility index (Phi) is 4.68. The van der Waals surface area contributed by atoms with Gasteiger partial charge in [-0.15, -0.1) is 0 Å². The van der Waals surface area contributed by atoms with E-state index in [0.29, 0.717) is 19.1 Å². The number of nitrogens with zero attached hydrogens (tertiary/aromatic N) is 3. The third-order valence-electron chi connectivity index (χ3n) is 4.94. The molecule has 2 aromatic rings. The van der Waals surface area contributed by atoms with Crippen LogP contribution < -0.4 is 14.2 Å². The van der Waals surface area contributed by atoms with Crippen molar-refractivity contribution in [3.63, 3.8) is 0 Å². The van der Waals surface area contributed by atoms with Gasteiger partial charge in [0.2, 0.25) is 0 Å². The molecular formula is C20H25N3O3. The maximum absolute atomic E-state index is 6.20. The molecule has 6 heteroatoms. The number of hydrogen-bond acceptors (Lipinski definition) is 6. The van der Waals surface area contributed by atoms with Crippen LogP contribution in [0.25, 0.3) is 0 Å². The maximum Gasteiger partial charge on any atom is 0.257 e. The fourth-order valence-corrected chi connectivity index (χ4v) is 3.62. The van der Waals surface area contributed by atoms with E-state index in [1.54, 1.807) is 0 Å². The largest absolute Gasteiger partial charge is 0.489 e. The molecule has 1 saturated heterocycles. The van der Waals surface area contributed by atoms with E-state index < -0.39 is 0 Å². The van der Waals surface area contributed by atoms with Crippen LogP contribution in [0, 0.1) is 13.8 Å². The van der Waals surface area contributed by atoms with E-state index in [1.165, 1.54) is 0 Å². The van der Waals surface area contributed by atoms with Gasteiger partial charge < -0.3 is 14.2 Å². The highest BCUT2D eigenvalue weighted by molar-refractivity contribution is 5.36. The van der Waals surface area contributed by atoms with Crippen molar-refractivity contribution < 1.29 is 14.2 Å². The van der Waals surface area contributed by atoms with Crippen LogP contribution in [0.2, 0.25) is 0 Å². The Balaban J connectivity index is 1.41. The second-order valence-electron chi connectivity index (χ2n) is 7.02. The standard InChI is InChI=1S/C20H25N3O3/c1-13-10-17(11-14(2)21-13)26-16-6-7-23(12-16)15(3)18-4-5-19-20(22-18)25-9-8-24-19/h4-5,10-11,15-16H,6-9,12H2,1-3H3/t15-,16+/m0/s1. The molecular weight excluding hydrogens is 330 g/mol. The van der Waals surface area contributed by atoms with E-state index in [9.17, 15) is 0 Å². The average molecular weight is 355 g/mol. The normalized spacial score (nSPS) is 20.8. The lowest BCUT2D eigenvalue weighted by Gasteiger charge is -2.25. The number of hydrogen-bond donors (Lipinski definition) is 0.